The minimum atomic E-state index is 0.431. The molecule has 7 nitrogen and oxygen atoms in total. The fourth-order valence-electron chi connectivity index (χ4n) is 2.55. The Kier molecular flexibility index (Phi) is 4.12. The van der Waals surface area contributed by atoms with Gasteiger partial charge in [-0.1, -0.05) is 0 Å². The topological polar surface area (TPSA) is 80.4 Å². The second kappa shape index (κ2) is 6.19. The molecular formula is C14H20N6O. The number of hydrogen-bond donors (Lipinski definition) is 1. The van der Waals surface area contributed by atoms with Crippen molar-refractivity contribution in [3.63, 3.8) is 0 Å². The van der Waals surface area contributed by atoms with E-state index in [1.54, 1.807) is 7.11 Å². The van der Waals surface area contributed by atoms with Gasteiger partial charge in [0.15, 0.2) is 5.82 Å². The molecule has 1 aliphatic rings. The van der Waals surface area contributed by atoms with Crippen molar-refractivity contribution in [2.45, 2.75) is 0 Å². The molecule has 0 spiro atoms. The first-order chi connectivity index (χ1) is 10.3. The number of nitrogens with zero attached hydrogens (tertiary/aromatic N) is 5. The van der Waals surface area contributed by atoms with Gasteiger partial charge in [0.2, 0.25) is 0 Å². The molecule has 0 bridgehead atoms. The second-order valence-corrected chi connectivity index (χ2v) is 5.12. The summed E-state index contributed by atoms with van der Waals surface area (Å²) in [5.74, 6) is 1.37. The summed E-state index contributed by atoms with van der Waals surface area (Å²) in [5.41, 5.74) is 7.34. The van der Waals surface area contributed by atoms with Crippen LogP contribution in [0.5, 0.6) is 0 Å². The minimum absolute atomic E-state index is 0.431. The van der Waals surface area contributed by atoms with Crippen LogP contribution < -0.4 is 10.6 Å². The predicted molar refractivity (Wildman–Crippen MR) is 82.3 cm³/mol. The molecule has 0 atom stereocenters. The number of ether oxygens (including phenoxy) is 1. The molecule has 0 unspecified atom stereocenters. The van der Waals surface area contributed by atoms with Crippen LogP contribution in [0.4, 0.5) is 11.6 Å². The second-order valence-electron chi connectivity index (χ2n) is 5.12. The number of rotatable bonds is 4. The van der Waals surface area contributed by atoms with Crippen molar-refractivity contribution in [2.24, 2.45) is 0 Å². The molecule has 0 radical (unpaired) electrons. The van der Waals surface area contributed by atoms with Gasteiger partial charge in [-0.05, 0) is 12.1 Å². The average Bonchev–Trinajstić information content (AvgIpc) is 2.54. The fraction of sp³-hybridized carbons (Fsp3) is 0.500. The van der Waals surface area contributed by atoms with Gasteiger partial charge in [-0.3, -0.25) is 4.90 Å². The van der Waals surface area contributed by atoms with Crippen LogP contribution >= 0.6 is 0 Å². The van der Waals surface area contributed by atoms with E-state index in [-0.39, 0.29) is 0 Å². The van der Waals surface area contributed by atoms with Gasteiger partial charge in [-0.15, -0.1) is 0 Å². The molecule has 1 aliphatic heterocycles. The van der Waals surface area contributed by atoms with Crippen molar-refractivity contribution in [1.29, 1.82) is 0 Å². The largest absolute Gasteiger partial charge is 0.383 e. The maximum absolute atomic E-state index is 5.88. The molecule has 0 aromatic carbocycles. The first kappa shape index (κ1) is 14.0. The zero-order valence-corrected chi connectivity index (χ0v) is 12.2. The summed E-state index contributed by atoms with van der Waals surface area (Å²) >= 11 is 0. The molecule has 2 N–H and O–H groups in total. The Balaban J connectivity index is 1.72. The molecule has 0 aliphatic carbocycles. The third kappa shape index (κ3) is 3.03. The lowest BCUT2D eigenvalue weighted by atomic mass is 10.3. The van der Waals surface area contributed by atoms with Crippen molar-refractivity contribution in [3.05, 3.63) is 18.5 Å². The molecule has 21 heavy (non-hydrogen) atoms. The van der Waals surface area contributed by atoms with Crippen molar-refractivity contribution < 1.29 is 4.74 Å². The van der Waals surface area contributed by atoms with Crippen LogP contribution in [0.2, 0.25) is 0 Å². The summed E-state index contributed by atoms with van der Waals surface area (Å²) < 4.78 is 5.12. The quantitative estimate of drug-likeness (QED) is 0.870. The first-order valence-electron chi connectivity index (χ1n) is 7.11. The maximum atomic E-state index is 5.88. The van der Waals surface area contributed by atoms with Crippen LogP contribution in [0.15, 0.2) is 18.5 Å². The van der Waals surface area contributed by atoms with Crippen LogP contribution in [-0.2, 0) is 4.74 Å². The molecule has 112 valence electrons. The van der Waals surface area contributed by atoms with E-state index < -0.39 is 0 Å². The predicted octanol–water partition coefficient (Wildman–Crippen LogP) is 0.375. The molecule has 1 fully saturated rings. The summed E-state index contributed by atoms with van der Waals surface area (Å²) in [6, 6.07) is 3.95. The van der Waals surface area contributed by atoms with Gasteiger partial charge in [-0.2, -0.15) is 0 Å². The van der Waals surface area contributed by atoms with E-state index in [0.29, 0.717) is 11.3 Å². The number of methoxy groups -OCH3 is 1. The van der Waals surface area contributed by atoms with Crippen molar-refractivity contribution in [2.75, 3.05) is 57.1 Å². The van der Waals surface area contributed by atoms with Gasteiger partial charge in [0.05, 0.1) is 12.1 Å². The molecular weight excluding hydrogens is 268 g/mol. The van der Waals surface area contributed by atoms with Crippen molar-refractivity contribution in [3.8, 4) is 0 Å². The molecule has 1 saturated heterocycles. The maximum Gasteiger partial charge on any atom is 0.153 e. The number of piperazine rings is 1. The highest BCUT2D eigenvalue weighted by Gasteiger charge is 2.18. The normalized spacial score (nSPS) is 16.5. The van der Waals surface area contributed by atoms with Crippen LogP contribution in [0.25, 0.3) is 11.0 Å². The third-order valence-corrected chi connectivity index (χ3v) is 3.80. The third-order valence-electron chi connectivity index (χ3n) is 3.80. The van der Waals surface area contributed by atoms with Gasteiger partial charge in [0, 0.05) is 39.8 Å². The highest BCUT2D eigenvalue weighted by molar-refractivity contribution is 5.84. The Morgan fingerprint density at radius 3 is 2.76 bits per heavy atom. The van der Waals surface area contributed by atoms with Crippen LogP contribution in [0.1, 0.15) is 0 Å². The summed E-state index contributed by atoms with van der Waals surface area (Å²) in [7, 11) is 1.74. The molecule has 3 heterocycles. The monoisotopic (exact) mass is 288 g/mol. The number of nitrogens with two attached hydrogens (primary N) is 1. The molecule has 2 aromatic rings. The van der Waals surface area contributed by atoms with Gasteiger partial charge in [0.1, 0.15) is 17.7 Å². The number of anilines is 2. The summed E-state index contributed by atoms with van der Waals surface area (Å²) in [6.45, 7) is 5.71. The zero-order valence-electron chi connectivity index (χ0n) is 12.2. The van der Waals surface area contributed by atoms with Gasteiger partial charge in [0.25, 0.3) is 0 Å². The Labute approximate surface area is 123 Å². The van der Waals surface area contributed by atoms with E-state index in [1.165, 1.54) is 6.33 Å². The molecule has 0 amide bonds. The summed E-state index contributed by atoms with van der Waals surface area (Å²) in [5, 5.41) is 0. The van der Waals surface area contributed by atoms with Crippen LogP contribution in [-0.4, -0.2) is 66.3 Å². The highest BCUT2D eigenvalue weighted by atomic mass is 16.5. The van der Waals surface area contributed by atoms with E-state index in [0.717, 1.165) is 50.7 Å². The van der Waals surface area contributed by atoms with Crippen molar-refractivity contribution in [1.82, 2.24) is 19.9 Å². The van der Waals surface area contributed by atoms with Crippen LogP contribution in [0.3, 0.4) is 0 Å². The Bertz CT molecular complexity index is 611. The number of nitrogen functional groups attached to an aromatic ring is 1. The lowest BCUT2D eigenvalue weighted by Gasteiger charge is -2.35. The van der Waals surface area contributed by atoms with Gasteiger partial charge in [-0.25, -0.2) is 15.0 Å². The van der Waals surface area contributed by atoms with E-state index >= 15 is 0 Å². The minimum Gasteiger partial charge on any atom is -0.383 e. The molecule has 3 rings (SSSR count). The standard InChI is InChI=1S/C14H20N6O/c1-21-9-8-19-4-6-20(7-5-19)12-3-2-11-13(18-12)14(15)17-10-16-11/h2-3,10H,4-9H2,1H3,(H2,15,16,17). The average molecular weight is 288 g/mol. The fourth-order valence-corrected chi connectivity index (χ4v) is 2.55. The SMILES string of the molecule is COCCN1CCN(c2ccc3ncnc(N)c3n2)CC1. The first-order valence-corrected chi connectivity index (χ1v) is 7.11. The highest BCUT2D eigenvalue weighted by Crippen LogP contribution is 2.20. The number of fused-ring (bicyclic) bond motifs is 1. The van der Waals surface area contributed by atoms with E-state index in [1.807, 2.05) is 12.1 Å². The van der Waals surface area contributed by atoms with E-state index in [9.17, 15) is 0 Å². The molecule has 7 heteroatoms. The Morgan fingerprint density at radius 1 is 1.19 bits per heavy atom. The van der Waals surface area contributed by atoms with E-state index in [4.69, 9.17) is 10.5 Å². The number of hydrogen-bond acceptors (Lipinski definition) is 7. The Morgan fingerprint density at radius 2 is 2.00 bits per heavy atom. The summed E-state index contributed by atoms with van der Waals surface area (Å²) in [4.78, 5) is 17.5. The molecule has 0 saturated carbocycles. The van der Waals surface area contributed by atoms with Crippen molar-refractivity contribution >= 4 is 22.7 Å². The lowest BCUT2D eigenvalue weighted by molar-refractivity contribution is 0.144. The van der Waals surface area contributed by atoms with Gasteiger partial charge >= 0.3 is 0 Å². The van der Waals surface area contributed by atoms with Gasteiger partial charge < -0.3 is 15.4 Å². The zero-order chi connectivity index (χ0) is 14.7. The number of aromatic nitrogens is 3. The van der Waals surface area contributed by atoms with E-state index in [2.05, 4.69) is 24.8 Å². The lowest BCUT2D eigenvalue weighted by Crippen LogP contribution is -2.47. The Hall–Kier alpha value is -1.99. The molecule has 2 aromatic heterocycles. The van der Waals surface area contributed by atoms with Crippen LogP contribution in [0, 0.1) is 0 Å². The smallest absolute Gasteiger partial charge is 0.153 e. The summed E-state index contributed by atoms with van der Waals surface area (Å²) in [6.07, 6.45) is 1.47. The number of pyridine rings is 1.